The molecule has 0 bridgehead atoms. The number of carbonyl (C=O) groups is 1. The zero-order chi connectivity index (χ0) is 21.0. The molecule has 1 aliphatic rings. The number of hydrogen-bond acceptors (Lipinski definition) is 4. The molecule has 0 atom stereocenters. The molecule has 0 aromatic heterocycles. The molecular formula is C21H19Br2ClN2O2S. The molecule has 29 heavy (non-hydrogen) atoms. The fourth-order valence-corrected chi connectivity index (χ4v) is 5.09. The molecule has 4 nitrogen and oxygen atoms in total. The number of nitrogens with zero attached hydrogens (tertiary/aromatic N) is 2. The summed E-state index contributed by atoms with van der Waals surface area (Å²) in [5.74, 6) is 0.540. The quantitative estimate of drug-likeness (QED) is 0.368. The van der Waals surface area contributed by atoms with Gasteiger partial charge in [-0.05, 0) is 83.0 Å². The highest BCUT2D eigenvalue weighted by Crippen LogP contribution is 2.38. The predicted molar refractivity (Wildman–Crippen MR) is 129 cm³/mol. The molecule has 1 saturated heterocycles. The predicted octanol–water partition coefficient (Wildman–Crippen LogP) is 6.76. The molecule has 8 heteroatoms. The number of thioether (sulfide) groups is 1. The maximum Gasteiger partial charge on any atom is 0.266 e. The Bertz CT molecular complexity index is 954. The third kappa shape index (κ3) is 5.45. The van der Waals surface area contributed by atoms with Crippen molar-refractivity contribution >= 4 is 72.4 Å². The summed E-state index contributed by atoms with van der Waals surface area (Å²) in [7, 11) is 0. The van der Waals surface area contributed by atoms with E-state index in [0.717, 1.165) is 25.2 Å². The molecule has 0 spiro atoms. The van der Waals surface area contributed by atoms with Gasteiger partial charge in [0.2, 0.25) is 0 Å². The molecule has 3 rings (SSSR count). The Kier molecular flexibility index (Phi) is 7.85. The minimum atomic E-state index is -0.0347. The van der Waals surface area contributed by atoms with Crippen LogP contribution in [0.25, 0.3) is 6.08 Å². The molecule has 0 saturated carbocycles. The summed E-state index contributed by atoms with van der Waals surface area (Å²) in [5.41, 5.74) is 1.86. The lowest BCUT2D eigenvalue weighted by molar-refractivity contribution is -0.122. The van der Waals surface area contributed by atoms with Crippen LogP contribution in [0, 0.1) is 0 Å². The average Bonchev–Trinajstić information content (AvgIpc) is 2.97. The number of aliphatic imine (C=N–C) groups is 1. The van der Waals surface area contributed by atoms with Gasteiger partial charge in [0.25, 0.3) is 5.91 Å². The van der Waals surface area contributed by atoms with Gasteiger partial charge in [-0.1, -0.05) is 39.7 Å². The number of halogens is 3. The average molecular weight is 559 g/mol. The summed E-state index contributed by atoms with van der Waals surface area (Å²) in [5, 5.41) is 1.22. The normalized spacial score (nSPS) is 16.9. The lowest BCUT2D eigenvalue weighted by Gasteiger charge is -2.12. The van der Waals surface area contributed by atoms with Crippen molar-refractivity contribution in [2.45, 2.75) is 20.5 Å². The molecule has 1 heterocycles. The number of carbonyl (C=O) groups excluding carboxylic acids is 1. The van der Waals surface area contributed by atoms with Gasteiger partial charge in [-0.3, -0.25) is 14.7 Å². The van der Waals surface area contributed by atoms with Crippen molar-refractivity contribution in [1.29, 1.82) is 0 Å². The number of rotatable bonds is 6. The second-order valence-electron chi connectivity index (χ2n) is 6.15. The number of likely N-dealkylation sites (N-methyl/N-ethyl adjacent to an activating group) is 1. The first-order valence-electron chi connectivity index (χ1n) is 9.05. The van der Waals surface area contributed by atoms with Crippen LogP contribution >= 0.6 is 55.2 Å². The van der Waals surface area contributed by atoms with Crippen LogP contribution in [-0.2, 0) is 11.4 Å². The topological polar surface area (TPSA) is 41.9 Å². The minimum Gasteiger partial charge on any atom is -0.486 e. The zero-order valence-corrected chi connectivity index (χ0v) is 20.7. The molecule has 2 aromatic rings. The maximum absolute atomic E-state index is 12.6. The van der Waals surface area contributed by atoms with E-state index in [0.29, 0.717) is 35.4 Å². The summed E-state index contributed by atoms with van der Waals surface area (Å²) in [4.78, 5) is 19.4. The van der Waals surface area contributed by atoms with Gasteiger partial charge in [0.1, 0.15) is 6.61 Å². The molecule has 1 fully saturated rings. The van der Waals surface area contributed by atoms with Crippen LogP contribution in [-0.4, -0.2) is 29.1 Å². The van der Waals surface area contributed by atoms with Gasteiger partial charge in [0.05, 0.1) is 14.4 Å². The van der Waals surface area contributed by atoms with E-state index in [1.54, 1.807) is 11.0 Å². The second kappa shape index (κ2) is 10.2. The van der Waals surface area contributed by atoms with Crippen LogP contribution < -0.4 is 4.74 Å². The first-order chi connectivity index (χ1) is 13.9. The Balaban J connectivity index is 1.80. The third-order valence-corrected chi connectivity index (χ3v) is 6.56. The van der Waals surface area contributed by atoms with Gasteiger partial charge in [-0.15, -0.1) is 0 Å². The van der Waals surface area contributed by atoms with Crippen molar-refractivity contribution < 1.29 is 9.53 Å². The Hall–Kier alpha value is -1.28. The first kappa shape index (κ1) is 22.4. The Labute approximate surface area is 196 Å². The van der Waals surface area contributed by atoms with Crippen LogP contribution in [0.15, 0.2) is 55.2 Å². The molecule has 152 valence electrons. The van der Waals surface area contributed by atoms with E-state index in [1.165, 1.54) is 11.8 Å². The van der Waals surface area contributed by atoms with Crippen molar-refractivity contribution in [1.82, 2.24) is 4.90 Å². The molecule has 0 aliphatic carbocycles. The van der Waals surface area contributed by atoms with Gasteiger partial charge in [-0.2, -0.15) is 0 Å². The molecule has 0 N–H and O–H groups in total. The van der Waals surface area contributed by atoms with Crippen molar-refractivity contribution in [3.63, 3.8) is 0 Å². The van der Waals surface area contributed by atoms with E-state index in [2.05, 4.69) is 36.9 Å². The van der Waals surface area contributed by atoms with Crippen LogP contribution in [0.2, 0.25) is 5.02 Å². The zero-order valence-electron chi connectivity index (χ0n) is 15.9. The van der Waals surface area contributed by atoms with Gasteiger partial charge < -0.3 is 4.74 Å². The highest BCUT2D eigenvalue weighted by atomic mass is 79.9. The van der Waals surface area contributed by atoms with Crippen LogP contribution in [0.3, 0.4) is 0 Å². The van der Waals surface area contributed by atoms with Crippen LogP contribution in [0.5, 0.6) is 5.75 Å². The largest absolute Gasteiger partial charge is 0.486 e. The maximum atomic E-state index is 12.6. The summed E-state index contributed by atoms with van der Waals surface area (Å²) in [6.45, 7) is 5.54. The van der Waals surface area contributed by atoms with Crippen LogP contribution in [0.1, 0.15) is 25.0 Å². The first-order valence-corrected chi connectivity index (χ1v) is 11.8. The van der Waals surface area contributed by atoms with Crippen molar-refractivity contribution in [3.05, 3.63) is 66.4 Å². The fraction of sp³-hybridized carbons (Fsp3) is 0.238. The van der Waals surface area contributed by atoms with Gasteiger partial charge in [-0.25, -0.2) is 0 Å². The summed E-state index contributed by atoms with van der Waals surface area (Å²) in [6.07, 6.45) is 1.84. The monoisotopic (exact) mass is 556 g/mol. The lowest BCUT2D eigenvalue weighted by Crippen LogP contribution is -2.28. The Morgan fingerprint density at radius 1 is 1.21 bits per heavy atom. The summed E-state index contributed by atoms with van der Waals surface area (Å²) >= 11 is 14.8. The van der Waals surface area contributed by atoms with Crippen LogP contribution in [0.4, 0.5) is 0 Å². The third-order valence-electron chi connectivity index (χ3n) is 4.11. The van der Waals surface area contributed by atoms with Crippen molar-refractivity contribution in [3.8, 4) is 5.75 Å². The van der Waals surface area contributed by atoms with E-state index in [-0.39, 0.29) is 5.91 Å². The standard InChI is InChI=1S/C21H19Br2ClN2O2S/c1-3-25-21-26(4-2)20(27)18(29-21)11-14-9-16(23)19(17(24)10-14)28-12-13-5-7-15(22)8-6-13/h5-11H,3-4,12H2,1-2H3/b18-11+,25-21?. The highest BCUT2D eigenvalue weighted by molar-refractivity contribution is 9.10. The fourth-order valence-electron chi connectivity index (χ4n) is 2.73. The smallest absolute Gasteiger partial charge is 0.266 e. The minimum absolute atomic E-state index is 0.0347. The number of amidine groups is 1. The summed E-state index contributed by atoms with van der Waals surface area (Å²) in [6, 6.07) is 11.6. The van der Waals surface area contributed by atoms with E-state index in [1.807, 2.05) is 50.3 Å². The van der Waals surface area contributed by atoms with Gasteiger partial charge in [0, 0.05) is 17.6 Å². The van der Waals surface area contributed by atoms with E-state index >= 15 is 0 Å². The SMILES string of the molecule is CCN=C1S/C(=C/c2cc(Cl)c(OCc3ccc(Br)cc3)c(Br)c2)C(=O)N1CC. The number of benzene rings is 2. The Morgan fingerprint density at radius 3 is 2.55 bits per heavy atom. The van der Waals surface area contributed by atoms with Crippen molar-refractivity contribution in [2.24, 2.45) is 4.99 Å². The Morgan fingerprint density at radius 2 is 1.93 bits per heavy atom. The summed E-state index contributed by atoms with van der Waals surface area (Å²) < 4.78 is 7.66. The van der Waals surface area contributed by atoms with E-state index in [9.17, 15) is 4.79 Å². The molecule has 1 amide bonds. The molecule has 0 unspecified atom stereocenters. The number of amides is 1. The second-order valence-corrected chi connectivity index (χ2v) is 9.33. The number of ether oxygens (including phenoxy) is 1. The molecule has 0 radical (unpaired) electrons. The van der Waals surface area contributed by atoms with E-state index < -0.39 is 0 Å². The van der Waals surface area contributed by atoms with Crippen molar-refractivity contribution in [2.75, 3.05) is 13.1 Å². The highest BCUT2D eigenvalue weighted by Gasteiger charge is 2.31. The van der Waals surface area contributed by atoms with Gasteiger partial charge in [0.15, 0.2) is 10.9 Å². The number of hydrogen-bond donors (Lipinski definition) is 0. The van der Waals surface area contributed by atoms with Gasteiger partial charge >= 0.3 is 0 Å². The lowest BCUT2D eigenvalue weighted by atomic mass is 10.2. The molecular weight excluding hydrogens is 540 g/mol. The van der Waals surface area contributed by atoms with E-state index in [4.69, 9.17) is 16.3 Å². The molecule has 1 aliphatic heterocycles. The molecule has 2 aromatic carbocycles.